The molecule has 1 N–H and O–H groups in total. The van der Waals surface area contributed by atoms with E-state index in [0.717, 1.165) is 19.6 Å². The Bertz CT molecular complexity index is 272. The molecule has 0 radical (unpaired) electrons. The minimum atomic E-state index is 1.07. The van der Waals surface area contributed by atoms with Crippen molar-refractivity contribution in [1.29, 1.82) is 0 Å². The Labute approximate surface area is 106 Å². The van der Waals surface area contributed by atoms with E-state index in [0.29, 0.717) is 0 Å². The maximum Gasteiger partial charge on any atom is 0.0364 e. The molecule has 0 unspecified atom stereocenters. The second-order valence-electron chi connectivity index (χ2n) is 4.57. The third kappa shape index (κ3) is 6.32. The molecule has 0 saturated carbocycles. The number of likely N-dealkylation sites (N-methyl/N-ethyl adjacent to an activating group) is 1. The number of benzene rings is 1. The van der Waals surface area contributed by atoms with Crippen LogP contribution in [0.4, 0.5) is 5.69 Å². The van der Waals surface area contributed by atoms with E-state index in [-0.39, 0.29) is 0 Å². The third-order valence-electron chi connectivity index (χ3n) is 3.03. The van der Waals surface area contributed by atoms with Crippen LogP contribution in [0.25, 0.3) is 0 Å². The van der Waals surface area contributed by atoms with Gasteiger partial charge in [0, 0.05) is 25.8 Å². The molecule has 2 heteroatoms. The molecule has 0 amide bonds. The summed E-state index contributed by atoms with van der Waals surface area (Å²) >= 11 is 0. The zero-order valence-corrected chi connectivity index (χ0v) is 11.3. The molecule has 1 aromatic rings. The van der Waals surface area contributed by atoms with Crippen LogP contribution in [0.1, 0.15) is 32.6 Å². The average Bonchev–Trinajstić information content (AvgIpc) is 2.38. The fraction of sp³-hybridized carbons (Fsp3) is 0.600. The van der Waals surface area contributed by atoms with Gasteiger partial charge >= 0.3 is 0 Å². The number of para-hydroxylation sites is 1. The molecule has 0 atom stereocenters. The first-order valence-corrected chi connectivity index (χ1v) is 6.81. The Morgan fingerprint density at radius 3 is 2.47 bits per heavy atom. The molecule has 96 valence electrons. The highest BCUT2D eigenvalue weighted by Crippen LogP contribution is 2.09. The van der Waals surface area contributed by atoms with Gasteiger partial charge in [-0.1, -0.05) is 44.4 Å². The lowest BCUT2D eigenvalue weighted by Gasteiger charge is -2.19. The van der Waals surface area contributed by atoms with Crippen LogP contribution in [0, 0.1) is 0 Å². The van der Waals surface area contributed by atoms with E-state index in [2.05, 4.69) is 54.5 Å². The van der Waals surface area contributed by atoms with E-state index in [1.165, 1.54) is 31.4 Å². The molecule has 0 heterocycles. The lowest BCUT2D eigenvalue weighted by molar-refractivity contribution is 0.598. The molecule has 1 aromatic carbocycles. The quantitative estimate of drug-likeness (QED) is 0.660. The molecule has 0 aliphatic carbocycles. The van der Waals surface area contributed by atoms with Crippen molar-refractivity contribution in [2.45, 2.75) is 32.6 Å². The highest BCUT2D eigenvalue weighted by molar-refractivity contribution is 5.44. The summed E-state index contributed by atoms with van der Waals surface area (Å²) in [5.41, 5.74) is 1.29. The molecule has 17 heavy (non-hydrogen) atoms. The van der Waals surface area contributed by atoms with E-state index in [4.69, 9.17) is 0 Å². The molecule has 0 aromatic heterocycles. The molecular formula is C15H26N2. The van der Waals surface area contributed by atoms with Gasteiger partial charge < -0.3 is 10.2 Å². The Hall–Kier alpha value is -1.02. The van der Waals surface area contributed by atoms with Crippen molar-refractivity contribution in [1.82, 2.24) is 5.32 Å². The number of rotatable bonds is 9. The molecule has 0 bridgehead atoms. The number of nitrogens with one attached hydrogen (secondary N) is 1. The molecule has 0 saturated heterocycles. The Morgan fingerprint density at radius 1 is 1.00 bits per heavy atom. The van der Waals surface area contributed by atoms with E-state index < -0.39 is 0 Å². The van der Waals surface area contributed by atoms with E-state index in [1.54, 1.807) is 0 Å². The SMILES string of the molecule is CCCCCCNCCN(C)c1ccccc1. The van der Waals surface area contributed by atoms with Crippen LogP contribution in [0.2, 0.25) is 0 Å². The standard InChI is InChI=1S/C15H26N2/c1-3-4-5-9-12-16-13-14-17(2)15-10-7-6-8-11-15/h6-8,10-11,16H,3-5,9,12-14H2,1-2H3. The second kappa shape index (κ2) is 9.06. The summed E-state index contributed by atoms with van der Waals surface area (Å²) < 4.78 is 0. The lowest BCUT2D eigenvalue weighted by atomic mass is 10.2. The average molecular weight is 234 g/mol. The van der Waals surface area contributed by atoms with Gasteiger partial charge in [0.25, 0.3) is 0 Å². The Balaban J connectivity index is 2.03. The maximum atomic E-state index is 3.50. The lowest BCUT2D eigenvalue weighted by Crippen LogP contribution is -2.29. The van der Waals surface area contributed by atoms with Gasteiger partial charge in [-0.15, -0.1) is 0 Å². The fourth-order valence-corrected chi connectivity index (χ4v) is 1.86. The van der Waals surface area contributed by atoms with Crippen LogP contribution in [0.3, 0.4) is 0 Å². The highest BCUT2D eigenvalue weighted by Gasteiger charge is 1.98. The van der Waals surface area contributed by atoms with Crippen molar-refractivity contribution in [3.63, 3.8) is 0 Å². The van der Waals surface area contributed by atoms with Crippen LogP contribution in [0.15, 0.2) is 30.3 Å². The summed E-state index contributed by atoms with van der Waals surface area (Å²) in [4.78, 5) is 2.29. The molecular weight excluding hydrogens is 208 g/mol. The smallest absolute Gasteiger partial charge is 0.0364 e. The van der Waals surface area contributed by atoms with Gasteiger partial charge in [-0.25, -0.2) is 0 Å². The molecule has 0 fully saturated rings. The molecule has 0 spiro atoms. The fourth-order valence-electron chi connectivity index (χ4n) is 1.86. The first-order valence-electron chi connectivity index (χ1n) is 6.81. The van der Waals surface area contributed by atoms with E-state index >= 15 is 0 Å². The number of nitrogens with zero attached hydrogens (tertiary/aromatic N) is 1. The summed E-state index contributed by atoms with van der Waals surface area (Å²) in [5.74, 6) is 0. The zero-order valence-electron chi connectivity index (χ0n) is 11.3. The van der Waals surface area contributed by atoms with Crippen molar-refractivity contribution in [2.24, 2.45) is 0 Å². The van der Waals surface area contributed by atoms with E-state index in [1.807, 2.05) is 0 Å². The first kappa shape index (κ1) is 14.0. The number of unbranched alkanes of at least 4 members (excludes halogenated alkanes) is 3. The van der Waals surface area contributed by atoms with Crippen LogP contribution in [0.5, 0.6) is 0 Å². The van der Waals surface area contributed by atoms with E-state index in [9.17, 15) is 0 Å². The number of anilines is 1. The van der Waals surface area contributed by atoms with Gasteiger partial charge in [0.15, 0.2) is 0 Å². The molecule has 0 aliphatic rings. The van der Waals surface area contributed by atoms with Crippen molar-refractivity contribution < 1.29 is 0 Å². The van der Waals surface area contributed by atoms with Crippen LogP contribution < -0.4 is 10.2 Å². The van der Waals surface area contributed by atoms with Gasteiger partial charge in [-0.05, 0) is 25.1 Å². The normalized spacial score (nSPS) is 10.5. The number of hydrogen-bond donors (Lipinski definition) is 1. The summed E-state index contributed by atoms with van der Waals surface area (Å²) in [5, 5.41) is 3.50. The van der Waals surface area contributed by atoms with Crippen molar-refractivity contribution in [2.75, 3.05) is 31.6 Å². The van der Waals surface area contributed by atoms with Crippen LogP contribution in [-0.2, 0) is 0 Å². The maximum absolute atomic E-state index is 3.50. The zero-order chi connectivity index (χ0) is 12.3. The third-order valence-corrected chi connectivity index (χ3v) is 3.03. The number of hydrogen-bond acceptors (Lipinski definition) is 2. The van der Waals surface area contributed by atoms with Crippen molar-refractivity contribution >= 4 is 5.69 Å². The Morgan fingerprint density at radius 2 is 1.76 bits per heavy atom. The minimum Gasteiger partial charge on any atom is -0.373 e. The topological polar surface area (TPSA) is 15.3 Å². The second-order valence-corrected chi connectivity index (χ2v) is 4.57. The summed E-state index contributed by atoms with van der Waals surface area (Å²) in [6.45, 7) is 5.54. The Kier molecular flexibility index (Phi) is 7.48. The van der Waals surface area contributed by atoms with Gasteiger partial charge in [0.1, 0.15) is 0 Å². The summed E-state index contributed by atoms with van der Waals surface area (Å²) in [6.07, 6.45) is 5.35. The summed E-state index contributed by atoms with van der Waals surface area (Å²) in [7, 11) is 2.15. The van der Waals surface area contributed by atoms with Gasteiger partial charge in [-0.3, -0.25) is 0 Å². The van der Waals surface area contributed by atoms with Crippen LogP contribution >= 0.6 is 0 Å². The largest absolute Gasteiger partial charge is 0.373 e. The predicted octanol–water partition coefficient (Wildman–Crippen LogP) is 3.29. The first-order chi connectivity index (χ1) is 8.34. The molecule has 2 nitrogen and oxygen atoms in total. The van der Waals surface area contributed by atoms with Crippen LogP contribution in [-0.4, -0.2) is 26.7 Å². The molecule has 0 aliphatic heterocycles. The molecule has 1 rings (SSSR count). The minimum absolute atomic E-state index is 1.07. The van der Waals surface area contributed by atoms with Crippen molar-refractivity contribution in [3.8, 4) is 0 Å². The highest BCUT2D eigenvalue weighted by atomic mass is 15.1. The van der Waals surface area contributed by atoms with Gasteiger partial charge in [0.2, 0.25) is 0 Å². The van der Waals surface area contributed by atoms with Crippen molar-refractivity contribution in [3.05, 3.63) is 30.3 Å². The monoisotopic (exact) mass is 234 g/mol. The van der Waals surface area contributed by atoms with Gasteiger partial charge in [0.05, 0.1) is 0 Å². The predicted molar refractivity (Wildman–Crippen MR) is 76.7 cm³/mol. The van der Waals surface area contributed by atoms with Gasteiger partial charge in [-0.2, -0.15) is 0 Å². The summed E-state index contributed by atoms with van der Waals surface area (Å²) in [6, 6.07) is 10.5.